The second-order valence-electron chi connectivity index (χ2n) is 34.0. The third kappa shape index (κ3) is 33.7. The Bertz CT molecular complexity index is 3030. The SMILES string of the molecule is CCCCCCCCC/C=C\CCCCCCCC(=O)OC[C@H](COP(=O)(O)O[C@@H]1C(O[C@@H]2OC(CO[C@@H]3OC(CO[C@@H]4OC(CO[C@@H]5OC(CO[C@@H]6OC(CO)[C@H](O)C(O)[C@@H]6O)[C@H](O)C(O)[C@@H]5O)[C@H](O)C(O)[C@@H]4O)[C@H](O)C(O)[C@@H]3O)[C@H](O)C(O)[C@@H]2O)C(O)[C@@H](O)C(O)[C@H]1O[C@H]1OC(CO)[C@@H](O)C(O)[C@H]1O)OC(=O)CCCCCCCCCCCCCCCCC. The Balaban J connectivity index is 0.995. The molecule has 126 heavy (non-hydrogen) atoms. The number of hydrogen-bond donors (Lipinski definition) is 24. The largest absolute Gasteiger partial charge is 0.472 e. The summed E-state index contributed by atoms with van der Waals surface area (Å²) in [6.07, 6.45) is -42.4. The Labute approximate surface area is 733 Å². The van der Waals surface area contributed by atoms with Crippen LogP contribution in [0.15, 0.2) is 12.2 Å². The molecule has 16 unspecified atom stereocenters. The van der Waals surface area contributed by atoms with Gasteiger partial charge in [-0.15, -0.1) is 0 Å². The number of carbonyl (C=O) groups excluding carboxylic acids is 2. The molecule has 0 aromatic heterocycles. The van der Waals surface area contributed by atoms with E-state index in [4.69, 9.17) is 75.4 Å². The molecule has 1 saturated carbocycles. The van der Waals surface area contributed by atoms with Crippen LogP contribution >= 0.6 is 7.82 Å². The number of hydrogen-bond acceptors (Lipinski definition) is 42. The lowest BCUT2D eigenvalue weighted by molar-refractivity contribution is -0.365. The lowest BCUT2D eigenvalue weighted by Crippen LogP contribution is -2.69. The van der Waals surface area contributed by atoms with E-state index in [1.165, 1.54) is 89.9 Å². The topological polar surface area (TPSA) is 684 Å². The monoisotopic (exact) mass is 1850 g/mol. The van der Waals surface area contributed by atoms with Crippen LogP contribution < -0.4 is 0 Å². The van der Waals surface area contributed by atoms with E-state index in [1.54, 1.807) is 0 Å². The number of ether oxygens (including phenoxy) is 14. The second-order valence-corrected chi connectivity index (χ2v) is 35.4. The highest BCUT2D eigenvalue weighted by Gasteiger charge is 2.60. The van der Waals surface area contributed by atoms with Crippen LogP contribution in [-0.4, -0.2) is 414 Å². The highest BCUT2D eigenvalue weighted by molar-refractivity contribution is 7.47. The maximum Gasteiger partial charge on any atom is 0.472 e. The van der Waals surface area contributed by atoms with Gasteiger partial charge in [0.15, 0.2) is 43.8 Å². The van der Waals surface area contributed by atoms with E-state index in [1.807, 2.05) is 0 Å². The van der Waals surface area contributed by atoms with Crippen molar-refractivity contribution in [1.29, 1.82) is 0 Å². The molecule has 44 heteroatoms. The van der Waals surface area contributed by atoms with Gasteiger partial charge in [0, 0.05) is 12.8 Å². The predicted octanol–water partition coefficient (Wildman–Crippen LogP) is -3.60. The fourth-order valence-electron chi connectivity index (χ4n) is 15.9. The Morgan fingerprint density at radius 2 is 0.571 bits per heavy atom. The average molecular weight is 1850 g/mol. The van der Waals surface area contributed by atoms with Crippen molar-refractivity contribution >= 4 is 19.8 Å². The molecule has 7 fully saturated rings. The summed E-state index contributed by atoms with van der Waals surface area (Å²) in [4.78, 5) is 38.5. The van der Waals surface area contributed by atoms with Crippen LogP contribution in [0, 0.1) is 0 Å². The van der Waals surface area contributed by atoms with E-state index in [0.29, 0.717) is 25.7 Å². The van der Waals surface area contributed by atoms with Crippen molar-refractivity contribution in [1.82, 2.24) is 0 Å². The van der Waals surface area contributed by atoms with Crippen LogP contribution in [0.3, 0.4) is 0 Å². The maximum atomic E-state index is 14.5. The first-order valence-electron chi connectivity index (χ1n) is 45.1. The fraction of sp³-hybridized carbons (Fsp3) is 0.951. The average Bonchev–Trinajstić information content (AvgIpc) is 0.756. The van der Waals surface area contributed by atoms with Gasteiger partial charge < -0.3 is 189 Å². The summed E-state index contributed by atoms with van der Waals surface area (Å²) in [5.41, 5.74) is 0. The molecule has 43 nitrogen and oxygen atoms in total. The molecule has 7 rings (SSSR count). The molecule has 1 aliphatic carbocycles. The number of esters is 2. The van der Waals surface area contributed by atoms with Crippen LogP contribution in [0.5, 0.6) is 0 Å². The Hall–Kier alpha value is -2.61. The minimum atomic E-state index is -5.89. The molecular formula is C82H147O43P. The van der Waals surface area contributed by atoms with Gasteiger partial charge in [0.25, 0.3) is 0 Å². The smallest absolute Gasteiger partial charge is 0.462 e. The van der Waals surface area contributed by atoms with Crippen molar-refractivity contribution in [2.45, 2.75) is 440 Å². The molecule has 7 aliphatic rings. The molecule has 0 aromatic carbocycles. The number of aliphatic hydroxyl groups is 23. The minimum absolute atomic E-state index is 0.0406. The van der Waals surface area contributed by atoms with Gasteiger partial charge in [-0.05, 0) is 38.5 Å². The zero-order valence-corrected chi connectivity index (χ0v) is 72.9. The van der Waals surface area contributed by atoms with Crippen LogP contribution in [0.2, 0.25) is 0 Å². The van der Waals surface area contributed by atoms with Crippen LogP contribution in [0.25, 0.3) is 0 Å². The third-order valence-electron chi connectivity index (χ3n) is 24.0. The van der Waals surface area contributed by atoms with Crippen molar-refractivity contribution in [2.24, 2.45) is 0 Å². The van der Waals surface area contributed by atoms with Crippen LogP contribution in [-0.2, 0) is 89.5 Å². The molecule has 6 aliphatic heterocycles. The van der Waals surface area contributed by atoms with Crippen molar-refractivity contribution < 1.29 is 212 Å². The molecule has 738 valence electrons. The van der Waals surface area contributed by atoms with E-state index < -0.39 is 300 Å². The van der Waals surface area contributed by atoms with Crippen LogP contribution in [0.1, 0.15) is 213 Å². The van der Waals surface area contributed by atoms with Crippen molar-refractivity contribution in [3.8, 4) is 0 Å². The molecule has 38 atom stereocenters. The number of aliphatic hydroxyl groups excluding tert-OH is 23. The summed E-state index contributed by atoms with van der Waals surface area (Å²) in [7, 11) is -5.89. The second kappa shape index (κ2) is 57.3. The number of carbonyl (C=O) groups is 2. The number of phosphoric acid groups is 1. The normalized spacial score (nSPS) is 39.0. The first kappa shape index (κ1) is 110. The summed E-state index contributed by atoms with van der Waals surface area (Å²) in [5.74, 6) is -1.50. The molecule has 0 aromatic rings. The zero-order valence-electron chi connectivity index (χ0n) is 72.0. The molecule has 0 amide bonds. The number of rotatable bonds is 58. The van der Waals surface area contributed by atoms with Crippen molar-refractivity contribution in [3.05, 3.63) is 12.2 Å². The molecule has 0 bridgehead atoms. The standard InChI is InChI=1S/C82H147O43P/c1-3-5-7-9-11-13-15-17-19-21-22-24-26-28-30-32-34-51(85)110-38-44(116-52(86)35-33-31-29-27-25-23-20-18-16-14-12-10-8-6-4-2)39-115-126(108,109)125-76-74(123-81-72(106)60(94)54(88)46(37-84)118-81)66(100)65(99)67(101)75(76)124-82-73(107)64(98)58(92)50(122-82)43-114-80-71(105)63(97)57(91)49(121-80)42-113-79-70(104)62(96)56(90)48(120-79)41-112-78-69(103)61(95)55(89)47(119-78)40-111-77-68(102)59(93)53(87)45(36-83)117-77/h19,21,44-50,53-84,87-107H,3-18,20,22-43H2,1-2H3,(H,108,109)/b21-19-/t44-,45?,46?,47?,48?,49?,50?,53+,54-,55+,56+,57+,58+,59?,60?,61?,62?,63?,64?,65+,66?,67?,68+,69+,70+,71+,72-,73+,74-,75?,76+,77-,78-,79-,80-,81-,82+/m1/s1. The number of unbranched alkanes of at least 4 members (excludes halogenated alkanes) is 26. The van der Waals surface area contributed by atoms with Gasteiger partial charge in [-0.2, -0.15) is 0 Å². The lowest BCUT2D eigenvalue weighted by atomic mass is 9.84. The third-order valence-corrected chi connectivity index (χ3v) is 24.9. The van der Waals surface area contributed by atoms with Gasteiger partial charge >= 0.3 is 19.8 Å². The zero-order chi connectivity index (χ0) is 92.3. The van der Waals surface area contributed by atoms with E-state index in [-0.39, 0.29) is 12.8 Å². The van der Waals surface area contributed by atoms with Crippen LogP contribution in [0.4, 0.5) is 0 Å². The van der Waals surface area contributed by atoms with Gasteiger partial charge in [-0.1, -0.05) is 174 Å². The predicted molar refractivity (Wildman–Crippen MR) is 431 cm³/mol. The van der Waals surface area contributed by atoms with E-state index in [2.05, 4.69) is 26.0 Å². The molecule has 6 heterocycles. The minimum Gasteiger partial charge on any atom is -0.462 e. The van der Waals surface area contributed by atoms with E-state index >= 15 is 0 Å². The van der Waals surface area contributed by atoms with E-state index in [0.717, 1.165) is 70.6 Å². The summed E-state index contributed by atoms with van der Waals surface area (Å²) in [6.45, 7) is -2.89. The Morgan fingerprint density at radius 1 is 0.310 bits per heavy atom. The van der Waals surface area contributed by atoms with Gasteiger partial charge in [-0.3, -0.25) is 18.6 Å². The highest BCUT2D eigenvalue weighted by Crippen LogP contribution is 2.49. The molecule has 0 spiro atoms. The fourth-order valence-corrected chi connectivity index (χ4v) is 16.9. The molecule has 6 saturated heterocycles. The number of allylic oxidation sites excluding steroid dienone is 2. The number of phosphoric ester groups is 1. The summed E-state index contributed by atoms with van der Waals surface area (Å²) in [5, 5.41) is 251. The summed E-state index contributed by atoms with van der Waals surface area (Å²) < 4.78 is 104. The first-order valence-corrected chi connectivity index (χ1v) is 46.6. The molecule has 0 radical (unpaired) electrons. The summed E-state index contributed by atoms with van der Waals surface area (Å²) >= 11 is 0. The highest BCUT2D eigenvalue weighted by atomic mass is 31.2. The van der Waals surface area contributed by atoms with Gasteiger partial charge in [0.1, 0.15) is 190 Å². The first-order chi connectivity index (χ1) is 60.2. The summed E-state index contributed by atoms with van der Waals surface area (Å²) in [6, 6.07) is 0. The lowest BCUT2D eigenvalue weighted by Gasteiger charge is -2.49. The Morgan fingerprint density at radius 3 is 0.897 bits per heavy atom. The molecular weight excluding hydrogens is 1700 g/mol. The van der Waals surface area contributed by atoms with Gasteiger partial charge in [-0.25, -0.2) is 4.57 Å². The van der Waals surface area contributed by atoms with Gasteiger partial charge in [0.2, 0.25) is 0 Å². The molecule has 24 N–H and O–H groups in total. The van der Waals surface area contributed by atoms with Crippen molar-refractivity contribution in [2.75, 3.05) is 52.9 Å². The maximum absolute atomic E-state index is 14.5. The van der Waals surface area contributed by atoms with E-state index in [9.17, 15) is 136 Å². The quantitative estimate of drug-likeness (QED) is 0.0121. The Kier molecular flexibility index (Phi) is 50.2. The van der Waals surface area contributed by atoms with Crippen molar-refractivity contribution in [3.63, 3.8) is 0 Å². The van der Waals surface area contributed by atoms with Gasteiger partial charge in [0.05, 0.1) is 46.2 Å².